The first-order chi connectivity index (χ1) is 15.2. The third-order valence-electron chi connectivity index (χ3n) is 8.26. The van der Waals surface area contributed by atoms with Gasteiger partial charge in [0.05, 0.1) is 13.2 Å². The second-order valence-corrected chi connectivity index (χ2v) is 9.96. The fourth-order valence-corrected chi connectivity index (χ4v) is 6.93. The average Bonchev–Trinajstić information content (AvgIpc) is 3.20. The van der Waals surface area contributed by atoms with Gasteiger partial charge in [-0.1, -0.05) is 18.1 Å². The quantitative estimate of drug-likeness (QED) is 0.704. The van der Waals surface area contributed by atoms with Crippen LogP contribution in [-0.2, 0) is 11.3 Å². The van der Waals surface area contributed by atoms with E-state index in [2.05, 4.69) is 32.6 Å². The number of methoxy groups -OCH3 is 1. The number of piperidine rings is 3. The fourth-order valence-electron chi connectivity index (χ4n) is 6.93. The highest BCUT2D eigenvalue weighted by Crippen LogP contribution is 2.45. The normalized spacial score (nSPS) is 30.5. The lowest BCUT2D eigenvalue weighted by Gasteiger charge is -2.54. The second-order valence-electron chi connectivity index (χ2n) is 9.96. The molecule has 4 heterocycles. The molecule has 3 aliphatic heterocycles. The van der Waals surface area contributed by atoms with Gasteiger partial charge in [0.2, 0.25) is 5.91 Å². The van der Waals surface area contributed by atoms with Crippen LogP contribution in [0.4, 0.5) is 0 Å². The summed E-state index contributed by atoms with van der Waals surface area (Å²) in [6, 6.07) is 9.23. The lowest BCUT2D eigenvalue weighted by Crippen LogP contribution is -2.60. The van der Waals surface area contributed by atoms with Crippen molar-refractivity contribution < 1.29 is 9.53 Å². The Kier molecular flexibility index (Phi) is 4.82. The molecule has 0 spiro atoms. The molecule has 0 unspecified atom stereocenters. The van der Waals surface area contributed by atoms with Crippen molar-refractivity contribution in [2.24, 2.45) is 11.8 Å². The summed E-state index contributed by atoms with van der Waals surface area (Å²) in [6.07, 6.45) is 12.3. The first-order valence-electron chi connectivity index (χ1n) is 12.1. The zero-order chi connectivity index (χ0) is 20.9. The third kappa shape index (κ3) is 3.29. The van der Waals surface area contributed by atoms with E-state index < -0.39 is 0 Å². The molecular formula is C26H33N3O2. The molecule has 3 saturated heterocycles. The summed E-state index contributed by atoms with van der Waals surface area (Å²) in [5.74, 6) is 2.44. The molecule has 4 aliphatic rings. The highest BCUT2D eigenvalue weighted by atomic mass is 16.5. The highest BCUT2D eigenvalue weighted by Gasteiger charge is 2.46. The average molecular weight is 420 g/mol. The summed E-state index contributed by atoms with van der Waals surface area (Å²) in [7, 11) is 1.69. The molecule has 0 N–H and O–H groups in total. The lowest BCUT2D eigenvalue weighted by atomic mass is 9.68. The van der Waals surface area contributed by atoms with Gasteiger partial charge in [0, 0.05) is 36.2 Å². The Labute approximate surface area is 184 Å². The number of carbonyl (C=O) groups excluding carboxylic acids is 1. The van der Waals surface area contributed by atoms with Crippen LogP contribution in [0, 0.1) is 11.8 Å². The van der Waals surface area contributed by atoms with E-state index in [9.17, 15) is 4.79 Å². The van der Waals surface area contributed by atoms with Gasteiger partial charge in [-0.05, 0) is 74.8 Å². The first-order valence-corrected chi connectivity index (χ1v) is 12.1. The summed E-state index contributed by atoms with van der Waals surface area (Å²) in [5.41, 5.74) is 2.66. The maximum Gasteiger partial charge on any atom is 0.243 e. The number of hydrogen-bond donors (Lipinski definition) is 0. The van der Waals surface area contributed by atoms with Gasteiger partial charge in [-0.15, -0.1) is 0 Å². The molecular weight excluding hydrogens is 386 g/mol. The van der Waals surface area contributed by atoms with E-state index in [1.807, 2.05) is 18.3 Å². The van der Waals surface area contributed by atoms with Crippen molar-refractivity contribution in [3.05, 3.63) is 42.1 Å². The van der Waals surface area contributed by atoms with Crippen LogP contribution in [0.15, 0.2) is 42.1 Å². The van der Waals surface area contributed by atoms with Crippen molar-refractivity contribution in [1.82, 2.24) is 14.4 Å². The topological polar surface area (TPSA) is 37.7 Å². The Morgan fingerprint density at radius 1 is 1.16 bits per heavy atom. The van der Waals surface area contributed by atoms with Crippen molar-refractivity contribution in [2.75, 3.05) is 26.7 Å². The third-order valence-corrected chi connectivity index (χ3v) is 8.26. The molecule has 1 aromatic heterocycles. The van der Waals surface area contributed by atoms with Gasteiger partial charge in [-0.3, -0.25) is 9.69 Å². The van der Waals surface area contributed by atoms with Crippen molar-refractivity contribution in [1.29, 1.82) is 0 Å². The summed E-state index contributed by atoms with van der Waals surface area (Å²) >= 11 is 0. The van der Waals surface area contributed by atoms with E-state index in [0.717, 1.165) is 35.7 Å². The molecule has 0 radical (unpaired) electrons. The van der Waals surface area contributed by atoms with Crippen LogP contribution in [0.5, 0.6) is 5.75 Å². The van der Waals surface area contributed by atoms with Crippen molar-refractivity contribution in [3.8, 4) is 5.75 Å². The van der Waals surface area contributed by atoms with Crippen LogP contribution in [0.1, 0.15) is 38.5 Å². The fraction of sp³-hybridized carbons (Fsp3) is 0.577. The van der Waals surface area contributed by atoms with Crippen LogP contribution >= 0.6 is 0 Å². The number of nitrogens with zero attached hydrogens (tertiary/aromatic N) is 3. The molecule has 1 aliphatic carbocycles. The van der Waals surface area contributed by atoms with E-state index in [1.54, 1.807) is 12.7 Å². The van der Waals surface area contributed by atoms with E-state index in [0.29, 0.717) is 24.4 Å². The zero-order valence-electron chi connectivity index (χ0n) is 18.5. The van der Waals surface area contributed by atoms with Crippen LogP contribution in [0.3, 0.4) is 0 Å². The standard InChI is InChI=1S/C26H33N3O2/c1-31-22-7-8-24-18(15-22)9-12-28(24)17-25(30)29-11-4-5-19-13-20-14-21(26(19)29)16-27-10-3-2-6-23(20)27/h7-9,12-13,15,20-21,23,26H,2-6,10-11,14,16-17H2,1H3/t20-,21+,23+,26-/m0/s1. The van der Waals surface area contributed by atoms with Gasteiger partial charge in [0.15, 0.2) is 0 Å². The van der Waals surface area contributed by atoms with Crippen LogP contribution in [0.2, 0.25) is 0 Å². The predicted molar refractivity (Wildman–Crippen MR) is 122 cm³/mol. The molecule has 5 heteroatoms. The van der Waals surface area contributed by atoms with Crippen molar-refractivity contribution in [3.63, 3.8) is 0 Å². The molecule has 4 atom stereocenters. The molecule has 6 rings (SSSR count). The van der Waals surface area contributed by atoms with Gasteiger partial charge in [-0.2, -0.15) is 0 Å². The minimum Gasteiger partial charge on any atom is -0.497 e. The maximum absolute atomic E-state index is 13.6. The van der Waals surface area contributed by atoms with E-state index in [-0.39, 0.29) is 5.91 Å². The van der Waals surface area contributed by atoms with Gasteiger partial charge < -0.3 is 14.2 Å². The number of amides is 1. The Balaban J connectivity index is 1.25. The van der Waals surface area contributed by atoms with Crippen molar-refractivity contribution in [2.45, 2.75) is 57.2 Å². The number of benzene rings is 1. The monoisotopic (exact) mass is 419 g/mol. The van der Waals surface area contributed by atoms with E-state index in [4.69, 9.17) is 4.74 Å². The summed E-state index contributed by atoms with van der Waals surface area (Å²) < 4.78 is 7.45. The van der Waals surface area contributed by atoms with Gasteiger partial charge in [-0.25, -0.2) is 0 Å². The SMILES string of the molecule is COc1ccc2c(ccn2CC(=O)N2CCCC3=C[C@H]4C[C@H](CN5CCCC[C@H]45)[C@H]32)c1. The Morgan fingerprint density at radius 2 is 2.10 bits per heavy atom. The minimum atomic E-state index is 0.267. The molecule has 3 fully saturated rings. The minimum absolute atomic E-state index is 0.267. The van der Waals surface area contributed by atoms with E-state index in [1.165, 1.54) is 45.2 Å². The maximum atomic E-state index is 13.6. The van der Waals surface area contributed by atoms with Crippen molar-refractivity contribution >= 4 is 16.8 Å². The highest BCUT2D eigenvalue weighted by molar-refractivity contribution is 5.84. The Hall–Kier alpha value is -2.27. The van der Waals surface area contributed by atoms with Gasteiger partial charge in [0.1, 0.15) is 12.3 Å². The smallest absolute Gasteiger partial charge is 0.243 e. The second kappa shape index (κ2) is 7.70. The van der Waals surface area contributed by atoms with Crippen LogP contribution in [0.25, 0.3) is 10.9 Å². The Bertz CT molecular complexity index is 1020. The molecule has 2 bridgehead atoms. The molecule has 31 heavy (non-hydrogen) atoms. The zero-order valence-corrected chi connectivity index (χ0v) is 18.5. The lowest BCUT2D eigenvalue weighted by molar-refractivity contribution is -0.136. The summed E-state index contributed by atoms with van der Waals surface area (Å²) in [5, 5.41) is 1.12. The molecule has 5 nitrogen and oxygen atoms in total. The van der Waals surface area contributed by atoms with Crippen LogP contribution in [-0.4, -0.2) is 59.1 Å². The largest absolute Gasteiger partial charge is 0.497 e. The number of likely N-dealkylation sites (tertiary alicyclic amines) is 1. The first kappa shape index (κ1) is 19.4. The van der Waals surface area contributed by atoms with Gasteiger partial charge >= 0.3 is 0 Å². The molecule has 1 aromatic carbocycles. The number of ether oxygens (including phenoxy) is 1. The number of fused-ring (bicyclic) bond motifs is 7. The summed E-state index contributed by atoms with van der Waals surface area (Å²) in [4.78, 5) is 18.6. The predicted octanol–water partition coefficient (Wildman–Crippen LogP) is 4.07. The number of hydrogen-bond acceptors (Lipinski definition) is 3. The van der Waals surface area contributed by atoms with Crippen LogP contribution < -0.4 is 4.74 Å². The molecule has 1 amide bonds. The number of aromatic nitrogens is 1. The van der Waals surface area contributed by atoms with E-state index >= 15 is 0 Å². The molecule has 164 valence electrons. The Morgan fingerprint density at radius 3 is 3.00 bits per heavy atom. The molecule has 2 aromatic rings. The van der Waals surface area contributed by atoms with Gasteiger partial charge in [0.25, 0.3) is 0 Å². The number of rotatable bonds is 3. The molecule has 0 saturated carbocycles. The number of carbonyl (C=O) groups is 1. The summed E-state index contributed by atoms with van der Waals surface area (Å²) in [6.45, 7) is 3.75.